The maximum atomic E-state index is 12.7. The molecule has 5 aromatic rings. The van der Waals surface area contributed by atoms with Crippen LogP contribution in [0.5, 0.6) is 0 Å². The third kappa shape index (κ3) is 4.18. The third-order valence-electron chi connectivity index (χ3n) is 5.79. The standard InChI is InChI=1S/C25H19N5O4/c31-24-22(26-18-5-1-3-7-20(18)28-24)13-16(15-9-11-17(12-10-15)30(33)34)14-23-25(32)29-21-8-4-2-6-19(21)27-23/h1-12,16H,13-14H2,(H,28,31)(H,29,32). The van der Waals surface area contributed by atoms with Crippen molar-refractivity contribution in [1.29, 1.82) is 0 Å². The normalized spacial score (nSPS) is 11.3. The Kier molecular flexibility index (Phi) is 5.43. The van der Waals surface area contributed by atoms with Crippen LogP contribution in [0, 0.1) is 10.1 Å². The summed E-state index contributed by atoms with van der Waals surface area (Å²) in [6, 6.07) is 20.6. The van der Waals surface area contributed by atoms with Gasteiger partial charge in [0.2, 0.25) is 0 Å². The van der Waals surface area contributed by atoms with E-state index in [0.717, 1.165) is 5.56 Å². The lowest BCUT2D eigenvalue weighted by Crippen LogP contribution is -2.22. The van der Waals surface area contributed by atoms with Gasteiger partial charge in [-0.2, -0.15) is 0 Å². The SMILES string of the molecule is O=c1[nH]c2ccccc2nc1CC(Cc1nc2ccccc2[nH]c1=O)c1ccc([N+](=O)[O-])cc1. The quantitative estimate of drug-likeness (QED) is 0.298. The Bertz CT molecular complexity index is 1540. The molecule has 0 aliphatic carbocycles. The number of hydrogen-bond acceptors (Lipinski definition) is 6. The van der Waals surface area contributed by atoms with Gasteiger partial charge in [-0.25, -0.2) is 9.97 Å². The Morgan fingerprint density at radius 1 is 0.735 bits per heavy atom. The van der Waals surface area contributed by atoms with Gasteiger partial charge in [0.25, 0.3) is 16.8 Å². The van der Waals surface area contributed by atoms with Crippen LogP contribution in [0.4, 0.5) is 5.69 Å². The lowest BCUT2D eigenvalue weighted by Gasteiger charge is -2.17. The Balaban J connectivity index is 1.57. The number of nitro groups is 1. The molecule has 5 rings (SSSR count). The molecule has 0 spiro atoms. The molecule has 0 saturated heterocycles. The number of nitrogens with one attached hydrogen (secondary N) is 2. The van der Waals surface area contributed by atoms with Crippen molar-refractivity contribution in [1.82, 2.24) is 19.9 Å². The van der Waals surface area contributed by atoms with Gasteiger partial charge < -0.3 is 9.97 Å². The molecule has 2 N–H and O–H groups in total. The summed E-state index contributed by atoms with van der Waals surface area (Å²) in [6.07, 6.45) is 0.456. The molecular formula is C25H19N5O4. The first-order chi connectivity index (χ1) is 16.5. The Morgan fingerprint density at radius 3 is 1.68 bits per heavy atom. The molecule has 0 bridgehead atoms. The van der Waals surface area contributed by atoms with Gasteiger partial charge in [-0.3, -0.25) is 19.7 Å². The summed E-state index contributed by atoms with van der Waals surface area (Å²) in [5.74, 6) is -0.356. The van der Waals surface area contributed by atoms with E-state index in [1.54, 1.807) is 24.3 Å². The zero-order valence-electron chi connectivity index (χ0n) is 17.9. The predicted molar refractivity (Wildman–Crippen MR) is 128 cm³/mol. The van der Waals surface area contributed by atoms with Crippen LogP contribution in [-0.4, -0.2) is 24.9 Å². The second kappa shape index (κ2) is 8.70. The fourth-order valence-corrected chi connectivity index (χ4v) is 4.05. The molecule has 0 unspecified atom stereocenters. The molecule has 0 aliphatic heterocycles. The van der Waals surface area contributed by atoms with Gasteiger partial charge >= 0.3 is 0 Å². The molecule has 2 aromatic heterocycles. The van der Waals surface area contributed by atoms with Gasteiger partial charge in [0.1, 0.15) is 11.4 Å². The number of aromatic nitrogens is 4. The first kappa shape index (κ1) is 21.2. The van der Waals surface area contributed by atoms with E-state index in [1.807, 2.05) is 36.4 Å². The van der Waals surface area contributed by atoms with Gasteiger partial charge in [-0.15, -0.1) is 0 Å². The highest BCUT2D eigenvalue weighted by Gasteiger charge is 2.20. The zero-order chi connectivity index (χ0) is 23.7. The van der Waals surface area contributed by atoms with Crippen molar-refractivity contribution in [3.05, 3.63) is 121 Å². The van der Waals surface area contributed by atoms with Gasteiger partial charge in [0.15, 0.2) is 0 Å². The fraction of sp³-hybridized carbons (Fsp3) is 0.120. The highest BCUT2D eigenvalue weighted by molar-refractivity contribution is 5.74. The molecule has 0 radical (unpaired) electrons. The molecule has 0 saturated carbocycles. The smallest absolute Gasteiger partial charge is 0.270 e. The number of hydrogen-bond donors (Lipinski definition) is 2. The number of aromatic amines is 2. The summed E-state index contributed by atoms with van der Waals surface area (Å²) in [5.41, 5.74) is 3.30. The Labute approximate surface area is 192 Å². The minimum absolute atomic E-state index is 0.0362. The number of benzene rings is 3. The van der Waals surface area contributed by atoms with Crippen LogP contribution in [0.2, 0.25) is 0 Å². The number of rotatable bonds is 6. The zero-order valence-corrected chi connectivity index (χ0v) is 17.9. The van der Waals surface area contributed by atoms with Crippen molar-refractivity contribution in [2.24, 2.45) is 0 Å². The predicted octanol–water partition coefficient (Wildman–Crippen LogP) is 3.64. The summed E-state index contributed by atoms with van der Waals surface area (Å²) in [4.78, 5) is 50.9. The number of nitro benzene ring substituents is 1. The number of para-hydroxylation sites is 4. The van der Waals surface area contributed by atoms with Crippen LogP contribution in [-0.2, 0) is 12.8 Å². The summed E-state index contributed by atoms with van der Waals surface area (Å²) in [5, 5.41) is 11.1. The van der Waals surface area contributed by atoms with E-state index in [0.29, 0.717) is 33.5 Å². The molecule has 0 atom stereocenters. The average Bonchev–Trinajstić information content (AvgIpc) is 2.84. The van der Waals surface area contributed by atoms with E-state index in [9.17, 15) is 19.7 Å². The maximum Gasteiger partial charge on any atom is 0.270 e. The van der Waals surface area contributed by atoms with E-state index >= 15 is 0 Å². The van der Waals surface area contributed by atoms with Crippen molar-refractivity contribution >= 4 is 27.8 Å². The number of fused-ring (bicyclic) bond motifs is 2. The minimum Gasteiger partial charge on any atom is -0.319 e. The minimum atomic E-state index is -0.468. The van der Waals surface area contributed by atoms with Crippen molar-refractivity contribution in [3.63, 3.8) is 0 Å². The molecule has 0 aliphatic rings. The van der Waals surface area contributed by atoms with Crippen molar-refractivity contribution in [2.75, 3.05) is 0 Å². The van der Waals surface area contributed by atoms with Gasteiger partial charge in [-0.05, 0) is 35.7 Å². The summed E-state index contributed by atoms with van der Waals surface area (Å²) >= 11 is 0. The number of nitrogens with zero attached hydrogens (tertiary/aromatic N) is 3. The molecule has 0 amide bonds. The molecule has 0 fully saturated rings. The topological polar surface area (TPSA) is 135 Å². The van der Waals surface area contributed by atoms with E-state index in [1.165, 1.54) is 12.1 Å². The molecule has 9 heteroatoms. The Morgan fingerprint density at radius 2 is 1.21 bits per heavy atom. The third-order valence-corrected chi connectivity index (χ3v) is 5.79. The summed E-state index contributed by atoms with van der Waals surface area (Å²) < 4.78 is 0. The van der Waals surface area contributed by atoms with E-state index < -0.39 is 4.92 Å². The number of non-ortho nitro benzene ring substituents is 1. The van der Waals surface area contributed by atoms with Crippen LogP contribution in [0.3, 0.4) is 0 Å². The molecule has 3 aromatic carbocycles. The van der Waals surface area contributed by atoms with E-state index in [-0.39, 0.29) is 35.6 Å². The first-order valence-corrected chi connectivity index (χ1v) is 10.7. The van der Waals surface area contributed by atoms with Crippen LogP contribution in [0.1, 0.15) is 22.9 Å². The molecule has 34 heavy (non-hydrogen) atoms. The van der Waals surface area contributed by atoms with Gasteiger partial charge in [-0.1, -0.05) is 36.4 Å². The lowest BCUT2D eigenvalue weighted by atomic mass is 9.89. The number of H-pyrrole nitrogens is 2. The van der Waals surface area contributed by atoms with Gasteiger partial charge in [0, 0.05) is 25.0 Å². The van der Waals surface area contributed by atoms with Crippen molar-refractivity contribution in [3.8, 4) is 0 Å². The molecule has 168 valence electrons. The van der Waals surface area contributed by atoms with E-state index in [4.69, 9.17) is 0 Å². The van der Waals surface area contributed by atoms with Crippen molar-refractivity contribution < 1.29 is 4.92 Å². The average molecular weight is 453 g/mol. The van der Waals surface area contributed by atoms with Gasteiger partial charge in [0.05, 0.1) is 27.0 Å². The molecule has 9 nitrogen and oxygen atoms in total. The van der Waals surface area contributed by atoms with Crippen LogP contribution < -0.4 is 11.1 Å². The second-order valence-corrected chi connectivity index (χ2v) is 8.01. The summed E-state index contributed by atoms with van der Waals surface area (Å²) in [7, 11) is 0. The monoisotopic (exact) mass is 453 g/mol. The van der Waals surface area contributed by atoms with E-state index in [2.05, 4.69) is 19.9 Å². The first-order valence-electron chi connectivity index (χ1n) is 10.7. The van der Waals surface area contributed by atoms with Crippen LogP contribution in [0.15, 0.2) is 82.4 Å². The van der Waals surface area contributed by atoms with Crippen molar-refractivity contribution in [2.45, 2.75) is 18.8 Å². The lowest BCUT2D eigenvalue weighted by molar-refractivity contribution is -0.384. The largest absolute Gasteiger partial charge is 0.319 e. The van der Waals surface area contributed by atoms with Crippen LogP contribution >= 0.6 is 0 Å². The molecular weight excluding hydrogens is 434 g/mol. The fourth-order valence-electron chi connectivity index (χ4n) is 4.05. The second-order valence-electron chi connectivity index (χ2n) is 8.01. The summed E-state index contributed by atoms with van der Waals surface area (Å²) in [6.45, 7) is 0. The maximum absolute atomic E-state index is 12.7. The van der Waals surface area contributed by atoms with Crippen LogP contribution in [0.25, 0.3) is 22.1 Å². The molecule has 2 heterocycles. The Hall–Kier alpha value is -4.66. The highest BCUT2D eigenvalue weighted by atomic mass is 16.6. The highest BCUT2D eigenvalue weighted by Crippen LogP contribution is 2.25.